The van der Waals surface area contributed by atoms with Gasteiger partial charge in [-0.1, -0.05) is 12.1 Å². The van der Waals surface area contributed by atoms with Crippen molar-refractivity contribution in [3.63, 3.8) is 0 Å². The zero-order chi connectivity index (χ0) is 17.5. The van der Waals surface area contributed by atoms with Crippen molar-refractivity contribution in [1.29, 1.82) is 0 Å². The van der Waals surface area contributed by atoms with Gasteiger partial charge in [0.1, 0.15) is 5.75 Å². The van der Waals surface area contributed by atoms with E-state index in [2.05, 4.69) is 27.6 Å². The second kappa shape index (κ2) is 8.30. The normalized spacial score (nSPS) is 14.5. The molecule has 1 amide bonds. The number of methoxy groups -OCH3 is 1. The van der Waals surface area contributed by atoms with Crippen molar-refractivity contribution in [3.8, 4) is 5.75 Å². The van der Waals surface area contributed by atoms with Crippen LogP contribution < -0.4 is 15.1 Å². The average Bonchev–Trinajstić information content (AvgIpc) is 2.69. The van der Waals surface area contributed by atoms with Gasteiger partial charge in [0.15, 0.2) is 0 Å². The number of carbonyl (C=O) groups is 1. The van der Waals surface area contributed by atoms with Gasteiger partial charge in [-0.25, -0.2) is 5.43 Å². The molecule has 130 valence electrons. The molecule has 6 heteroatoms. The van der Waals surface area contributed by atoms with E-state index in [-0.39, 0.29) is 5.91 Å². The van der Waals surface area contributed by atoms with Gasteiger partial charge in [0, 0.05) is 24.3 Å². The molecule has 3 rings (SSSR count). The summed E-state index contributed by atoms with van der Waals surface area (Å²) in [7, 11) is 1.59. The predicted molar refractivity (Wildman–Crippen MR) is 97.5 cm³/mol. The number of anilines is 1. The van der Waals surface area contributed by atoms with Crippen molar-refractivity contribution in [2.45, 2.75) is 0 Å². The number of morpholine rings is 1. The smallest absolute Gasteiger partial charge is 0.271 e. The molecule has 0 bridgehead atoms. The van der Waals surface area contributed by atoms with E-state index in [1.165, 1.54) is 5.69 Å². The Morgan fingerprint density at radius 1 is 1.12 bits per heavy atom. The summed E-state index contributed by atoms with van der Waals surface area (Å²) in [5, 5.41) is 4.01. The molecule has 25 heavy (non-hydrogen) atoms. The molecule has 1 N–H and O–H groups in total. The van der Waals surface area contributed by atoms with Crippen LogP contribution in [0.25, 0.3) is 0 Å². The van der Waals surface area contributed by atoms with Gasteiger partial charge in [-0.3, -0.25) is 4.79 Å². The molecule has 0 radical (unpaired) electrons. The highest BCUT2D eigenvalue weighted by atomic mass is 16.5. The molecule has 0 spiro atoms. The molecule has 0 aromatic heterocycles. The second-order valence-electron chi connectivity index (χ2n) is 5.62. The van der Waals surface area contributed by atoms with E-state index in [9.17, 15) is 4.79 Å². The maximum Gasteiger partial charge on any atom is 0.271 e. The topological polar surface area (TPSA) is 63.2 Å². The third kappa shape index (κ3) is 4.58. The summed E-state index contributed by atoms with van der Waals surface area (Å²) < 4.78 is 10.4. The summed E-state index contributed by atoms with van der Waals surface area (Å²) in [5.74, 6) is 0.448. The highest BCUT2D eigenvalue weighted by molar-refractivity contribution is 5.95. The van der Waals surface area contributed by atoms with Crippen LogP contribution >= 0.6 is 0 Å². The number of rotatable bonds is 5. The summed E-state index contributed by atoms with van der Waals surface area (Å²) in [5.41, 5.74) is 5.15. The van der Waals surface area contributed by atoms with Crippen LogP contribution in [0.1, 0.15) is 15.9 Å². The van der Waals surface area contributed by atoms with E-state index in [1.807, 2.05) is 12.1 Å². The van der Waals surface area contributed by atoms with E-state index in [1.54, 1.807) is 37.6 Å². The van der Waals surface area contributed by atoms with E-state index < -0.39 is 0 Å². The Morgan fingerprint density at radius 2 is 1.80 bits per heavy atom. The largest absolute Gasteiger partial charge is 0.497 e. The number of hydrazone groups is 1. The third-order valence-electron chi connectivity index (χ3n) is 4.00. The summed E-state index contributed by atoms with van der Waals surface area (Å²) >= 11 is 0. The predicted octanol–water partition coefficient (Wildman–Crippen LogP) is 2.30. The number of benzene rings is 2. The molecule has 0 unspecified atom stereocenters. The van der Waals surface area contributed by atoms with Gasteiger partial charge in [-0.15, -0.1) is 0 Å². The first kappa shape index (κ1) is 17.0. The van der Waals surface area contributed by atoms with E-state index in [0.29, 0.717) is 11.3 Å². The van der Waals surface area contributed by atoms with Gasteiger partial charge in [0.2, 0.25) is 0 Å². The molecule has 0 atom stereocenters. The van der Waals surface area contributed by atoms with Gasteiger partial charge < -0.3 is 14.4 Å². The van der Waals surface area contributed by atoms with Crippen LogP contribution in [0.2, 0.25) is 0 Å². The SMILES string of the molecule is COc1ccc(C(=O)N/N=C\c2ccc(N3CCOCC3)cc2)cc1. The first-order valence-corrected chi connectivity index (χ1v) is 8.16. The lowest BCUT2D eigenvalue weighted by molar-refractivity contribution is 0.0955. The minimum absolute atomic E-state index is 0.260. The minimum Gasteiger partial charge on any atom is -0.497 e. The Labute approximate surface area is 147 Å². The second-order valence-corrected chi connectivity index (χ2v) is 5.62. The molecule has 1 saturated heterocycles. The Bertz CT molecular complexity index is 721. The number of nitrogens with one attached hydrogen (secondary N) is 1. The summed E-state index contributed by atoms with van der Waals surface area (Å²) in [4.78, 5) is 14.3. The first-order chi connectivity index (χ1) is 12.3. The molecule has 2 aromatic rings. The highest BCUT2D eigenvalue weighted by Crippen LogP contribution is 2.16. The Hall–Kier alpha value is -2.86. The Kier molecular flexibility index (Phi) is 5.64. The van der Waals surface area contributed by atoms with Gasteiger partial charge in [0.05, 0.1) is 26.5 Å². The fourth-order valence-electron chi connectivity index (χ4n) is 2.57. The molecule has 1 aliphatic rings. The zero-order valence-corrected chi connectivity index (χ0v) is 14.1. The third-order valence-corrected chi connectivity index (χ3v) is 4.00. The quantitative estimate of drug-likeness (QED) is 0.671. The van der Waals surface area contributed by atoms with Crippen molar-refractivity contribution < 1.29 is 14.3 Å². The summed E-state index contributed by atoms with van der Waals surface area (Å²) in [6.07, 6.45) is 1.63. The number of hydrogen-bond acceptors (Lipinski definition) is 5. The van der Waals surface area contributed by atoms with Gasteiger partial charge >= 0.3 is 0 Å². The van der Waals surface area contributed by atoms with Crippen molar-refractivity contribution >= 4 is 17.8 Å². The highest BCUT2D eigenvalue weighted by Gasteiger charge is 2.10. The van der Waals surface area contributed by atoms with Crippen LogP contribution in [0, 0.1) is 0 Å². The van der Waals surface area contributed by atoms with Gasteiger partial charge in [-0.2, -0.15) is 5.10 Å². The van der Waals surface area contributed by atoms with Crippen molar-refractivity contribution in [1.82, 2.24) is 5.43 Å². The van der Waals surface area contributed by atoms with Crippen LogP contribution in [0.4, 0.5) is 5.69 Å². The Morgan fingerprint density at radius 3 is 2.44 bits per heavy atom. The molecule has 1 fully saturated rings. The zero-order valence-electron chi connectivity index (χ0n) is 14.1. The monoisotopic (exact) mass is 339 g/mol. The number of hydrogen-bond donors (Lipinski definition) is 1. The van der Waals surface area contributed by atoms with E-state index in [4.69, 9.17) is 9.47 Å². The van der Waals surface area contributed by atoms with Crippen molar-refractivity contribution in [2.24, 2.45) is 5.10 Å². The molecule has 6 nitrogen and oxygen atoms in total. The molecule has 1 heterocycles. The number of carbonyl (C=O) groups excluding carboxylic acids is 1. The van der Waals surface area contributed by atoms with Crippen LogP contribution in [0.5, 0.6) is 5.75 Å². The van der Waals surface area contributed by atoms with Crippen LogP contribution in [-0.2, 0) is 4.74 Å². The fraction of sp³-hybridized carbons (Fsp3) is 0.263. The van der Waals surface area contributed by atoms with Crippen molar-refractivity contribution in [3.05, 3.63) is 59.7 Å². The molecule has 0 aliphatic carbocycles. The summed E-state index contributed by atoms with van der Waals surface area (Å²) in [6, 6.07) is 14.9. The lowest BCUT2D eigenvalue weighted by Gasteiger charge is -2.28. The first-order valence-electron chi connectivity index (χ1n) is 8.16. The molecular weight excluding hydrogens is 318 g/mol. The van der Waals surface area contributed by atoms with E-state index >= 15 is 0 Å². The standard InChI is InChI=1S/C19H21N3O3/c1-24-18-8-4-16(5-9-18)19(23)21-20-14-15-2-6-17(7-3-15)22-10-12-25-13-11-22/h2-9,14H,10-13H2,1H3,(H,21,23)/b20-14-. The minimum atomic E-state index is -0.260. The van der Waals surface area contributed by atoms with Crippen LogP contribution in [-0.4, -0.2) is 45.5 Å². The fourth-order valence-corrected chi connectivity index (χ4v) is 2.57. The maximum atomic E-state index is 12.0. The van der Waals surface area contributed by atoms with Gasteiger partial charge in [-0.05, 0) is 42.0 Å². The van der Waals surface area contributed by atoms with Crippen LogP contribution in [0.15, 0.2) is 53.6 Å². The molecule has 0 saturated carbocycles. The number of nitrogens with zero attached hydrogens (tertiary/aromatic N) is 2. The number of amides is 1. The lowest BCUT2D eigenvalue weighted by atomic mass is 10.2. The Balaban J connectivity index is 1.55. The van der Waals surface area contributed by atoms with Crippen molar-refractivity contribution in [2.75, 3.05) is 38.3 Å². The molecule has 1 aliphatic heterocycles. The molecule has 2 aromatic carbocycles. The van der Waals surface area contributed by atoms with Crippen LogP contribution in [0.3, 0.4) is 0 Å². The number of ether oxygens (including phenoxy) is 2. The molecular formula is C19H21N3O3. The lowest BCUT2D eigenvalue weighted by Crippen LogP contribution is -2.36. The van der Waals surface area contributed by atoms with E-state index in [0.717, 1.165) is 31.9 Å². The van der Waals surface area contributed by atoms with Gasteiger partial charge in [0.25, 0.3) is 5.91 Å². The average molecular weight is 339 g/mol. The maximum absolute atomic E-state index is 12.0. The summed E-state index contributed by atoms with van der Waals surface area (Å²) in [6.45, 7) is 3.35.